The number of nitrogens with zero attached hydrogens (tertiary/aromatic N) is 3. The summed E-state index contributed by atoms with van der Waals surface area (Å²) < 4.78 is 26.2. The van der Waals surface area contributed by atoms with Gasteiger partial charge in [-0.15, -0.1) is 0 Å². The van der Waals surface area contributed by atoms with Crippen LogP contribution in [0.1, 0.15) is 10.4 Å². The normalized spacial score (nSPS) is 10.2. The molecular formula is C11H5ClF2N4O3. The summed E-state index contributed by atoms with van der Waals surface area (Å²) >= 11 is 5.58. The molecular weight excluding hydrogens is 310 g/mol. The number of nitro benzene ring substituents is 1. The van der Waals surface area contributed by atoms with Gasteiger partial charge < -0.3 is 5.32 Å². The average molecular weight is 315 g/mol. The second-order valence-electron chi connectivity index (χ2n) is 3.72. The lowest BCUT2D eigenvalue weighted by atomic mass is 10.1. The Hall–Kier alpha value is -2.68. The van der Waals surface area contributed by atoms with E-state index in [4.69, 9.17) is 11.6 Å². The fourth-order valence-electron chi connectivity index (χ4n) is 1.45. The molecule has 1 amide bonds. The molecule has 1 N–H and O–H groups in total. The minimum absolute atomic E-state index is 0.0279. The van der Waals surface area contributed by atoms with Crippen molar-refractivity contribution in [3.8, 4) is 0 Å². The number of carbonyl (C=O) groups is 1. The van der Waals surface area contributed by atoms with E-state index in [1.807, 2.05) is 0 Å². The van der Waals surface area contributed by atoms with Gasteiger partial charge in [0, 0.05) is 6.07 Å². The molecule has 1 aromatic carbocycles. The molecule has 108 valence electrons. The van der Waals surface area contributed by atoms with Crippen molar-refractivity contribution < 1.29 is 18.5 Å². The number of rotatable bonds is 3. The lowest BCUT2D eigenvalue weighted by molar-refractivity contribution is -0.385. The fourth-order valence-corrected chi connectivity index (χ4v) is 1.60. The van der Waals surface area contributed by atoms with Crippen molar-refractivity contribution in [2.45, 2.75) is 0 Å². The SMILES string of the molecule is O=C(Nc1cc(Cl)ncn1)c1cc(F)c(F)cc1[N+](=O)[O-]. The number of nitrogens with one attached hydrogen (secondary N) is 1. The highest BCUT2D eigenvalue weighted by atomic mass is 35.5. The Bertz CT molecular complexity index is 741. The maximum absolute atomic E-state index is 13.2. The second-order valence-corrected chi connectivity index (χ2v) is 4.11. The van der Waals surface area contributed by atoms with Crippen molar-refractivity contribution in [3.63, 3.8) is 0 Å². The lowest BCUT2D eigenvalue weighted by Gasteiger charge is -2.05. The number of hydrogen-bond acceptors (Lipinski definition) is 5. The molecule has 0 bridgehead atoms. The first-order valence-corrected chi connectivity index (χ1v) is 5.68. The van der Waals surface area contributed by atoms with Crippen LogP contribution in [-0.4, -0.2) is 20.8 Å². The largest absolute Gasteiger partial charge is 0.306 e. The molecule has 0 aliphatic rings. The van der Waals surface area contributed by atoms with E-state index in [0.717, 1.165) is 6.33 Å². The molecule has 7 nitrogen and oxygen atoms in total. The van der Waals surface area contributed by atoms with Crippen LogP contribution in [0.15, 0.2) is 24.5 Å². The van der Waals surface area contributed by atoms with E-state index in [9.17, 15) is 23.7 Å². The van der Waals surface area contributed by atoms with Crippen LogP contribution in [0.25, 0.3) is 0 Å². The van der Waals surface area contributed by atoms with Crippen molar-refractivity contribution in [1.82, 2.24) is 9.97 Å². The Morgan fingerprint density at radius 2 is 1.90 bits per heavy atom. The summed E-state index contributed by atoms with van der Waals surface area (Å²) in [7, 11) is 0. The number of benzene rings is 1. The zero-order valence-electron chi connectivity index (χ0n) is 10.0. The molecule has 0 saturated heterocycles. The van der Waals surface area contributed by atoms with Gasteiger partial charge in [-0.25, -0.2) is 18.7 Å². The quantitative estimate of drug-likeness (QED) is 0.533. The lowest BCUT2D eigenvalue weighted by Crippen LogP contribution is -2.15. The van der Waals surface area contributed by atoms with Gasteiger partial charge in [0.05, 0.1) is 11.0 Å². The van der Waals surface area contributed by atoms with Crippen LogP contribution in [0.2, 0.25) is 5.15 Å². The zero-order valence-corrected chi connectivity index (χ0v) is 10.8. The molecule has 0 atom stereocenters. The average Bonchev–Trinajstić information content (AvgIpc) is 2.41. The van der Waals surface area contributed by atoms with Gasteiger partial charge in [-0.05, 0) is 6.07 Å². The maximum atomic E-state index is 13.2. The summed E-state index contributed by atoms with van der Waals surface area (Å²) in [6.07, 6.45) is 1.05. The fraction of sp³-hybridized carbons (Fsp3) is 0. The van der Waals surface area contributed by atoms with Gasteiger partial charge in [-0.2, -0.15) is 0 Å². The summed E-state index contributed by atoms with van der Waals surface area (Å²) in [6.45, 7) is 0. The van der Waals surface area contributed by atoms with Crippen molar-refractivity contribution in [2.75, 3.05) is 5.32 Å². The van der Waals surface area contributed by atoms with Gasteiger partial charge >= 0.3 is 0 Å². The number of aromatic nitrogens is 2. The first-order valence-electron chi connectivity index (χ1n) is 5.31. The Labute approximate surface area is 120 Å². The van der Waals surface area contributed by atoms with Crippen LogP contribution in [0.3, 0.4) is 0 Å². The Morgan fingerprint density at radius 1 is 1.24 bits per heavy atom. The third-order valence-electron chi connectivity index (χ3n) is 2.36. The molecule has 10 heteroatoms. The zero-order chi connectivity index (χ0) is 15.6. The van der Waals surface area contributed by atoms with Gasteiger partial charge in [0.2, 0.25) is 0 Å². The van der Waals surface area contributed by atoms with Crippen LogP contribution in [-0.2, 0) is 0 Å². The summed E-state index contributed by atoms with van der Waals surface area (Å²) in [6, 6.07) is 1.95. The molecule has 0 aliphatic heterocycles. The van der Waals surface area contributed by atoms with Gasteiger partial charge in [-0.3, -0.25) is 14.9 Å². The van der Waals surface area contributed by atoms with Crippen LogP contribution in [0, 0.1) is 21.7 Å². The summed E-state index contributed by atoms with van der Waals surface area (Å²) in [5.41, 5.74) is -1.51. The standard InChI is InChI=1S/C11H5ClF2N4O3/c12-9-3-10(16-4-15-9)17-11(19)5-1-6(13)7(14)2-8(5)18(20)21/h1-4H,(H,15,16,17,19). The molecule has 1 aromatic heterocycles. The van der Waals surface area contributed by atoms with Gasteiger partial charge in [-0.1, -0.05) is 11.6 Å². The molecule has 2 rings (SSSR count). The van der Waals surface area contributed by atoms with Crippen molar-refractivity contribution in [3.05, 3.63) is 57.0 Å². The third-order valence-corrected chi connectivity index (χ3v) is 2.56. The van der Waals surface area contributed by atoms with Crippen LogP contribution in [0.5, 0.6) is 0 Å². The first-order chi connectivity index (χ1) is 9.88. The Morgan fingerprint density at radius 3 is 2.52 bits per heavy atom. The van der Waals surface area contributed by atoms with Gasteiger partial charge in [0.15, 0.2) is 11.6 Å². The number of amides is 1. The summed E-state index contributed by atoms with van der Waals surface area (Å²) in [5, 5.41) is 13.0. The van der Waals surface area contributed by atoms with E-state index in [0.29, 0.717) is 12.1 Å². The minimum Gasteiger partial charge on any atom is -0.306 e. The smallest absolute Gasteiger partial charge is 0.285 e. The molecule has 0 spiro atoms. The van der Waals surface area contributed by atoms with E-state index in [2.05, 4.69) is 15.3 Å². The molecule has 0 aliphatic carbocycles. The predicted octanol–water partition coefficient (Wildman–Crippen LogP) is 2.57. The number of hydrogen-bond donors (Lipinski definition) is 1. The highest BCUT2D eigenvalue weighted by Gasteiger charge is 2.24. The molecule has 0 saturated carbocycles. The molecule has 0 unspecified atom stereocenters. The Balaban J connectivity index is 2.39. The monoisotopic (exact) mass is 314 g/mol. The maximum Gasteiger partial charge on any atom is 0.285 e. The van der Waals surface area contributed by atoms with Crippen LogP contribution < -0.4 is 5.32 Å². The topological polar surface area (TPSA) is 98.0 Å². The van der Waals surface area contributed by atoms with E-state index in [1.165, 1.54) is 6.07 Å². The van der Waals surface area contributed by atoms with Crippen molar-refractivity contribution in [2.24, 2.45) is 0 Å². The minimum atomic E-state index is -1.43. The van der Waals surface area contributed by atoms with Crippen LogP contribution in [0.4, 0.5) is 20.3 Å². The van der Waals surface area contributed by atoms with Crippen molar-refractivity contribution >= 4 is 29.0 Å². The molecule has 1 heterocycles. The summed E-state index contributed by atoms with van der Waals surface area (Å²) in [4.78, 5) is 28.9. The van der Waals surface area contributed by atoms with Gasteiger partial charge in [0.1, 0.15) is 22.9 Å². The second kappa shape index (κ2) is 5.75. The third kappa shape index (κ3) is 3.26. The number of carbonyl (C=O) groups excluding carboxylic acids is 1. The number of nitro groups is 1. The van der Waals surface area contributed by atoms with Crippen molar-refractivity contribution in [1.29, 1.82) is 0 Å². The highest BCUT2D eigenvalue weighted by Crippen LogP contribution is 2.23. The molecule has 0 radical (unpaired) electrons. The van der Waals surface area contributed by atoms with Gasteiger partial charge in [0.25, 0.3) is 11.6 Å². The number of halogens is 3. The van der Waals surface area contributed by atoms with Crippen LogP contribution >= 0.6 is 11.6 Å². The van der Waals surface area contributed by atoms with E-state index in [-0.39, 0.29) is 11.0 Å². The molecule has 2 aromatic rings. The molecule has 0 fully saturated rings. The number of anilines is 1. The first kappa shape index (κ1) is 14.7. The predicted molar refractivity (Wildman–Crippen MR) is 68.0 cm³/mol. The summed E-state index contributed by atoms with van der Waals surface area (Å²) in [5.74, 6) is -3.89. The van der Waals surface area contributed by atoms with E-state index >= 15 is 0 Å². The highest BCUT2D eigenvalue weighted by molar-refractivity contribution is 6.29. The van der Waals surface area contributed by atoms with E-state index < -0.39 is 33.7 Å². The van der Waals surface area contributed by atoms with E-state index in [1.54, 1.807) is 0 Å². The molecule has 21 heavy (non-hydrogen) atoms. The Kier molecular flexibility index (Phi) is 4.03.